The largest absolute Gasteiger partial charge is 0.326 e. The van der Waals surface area contributed by atoms with E-state index in [1.807, 2.05) is 45.0 Å². The molecule has 0 bridgehead atoms. The highest BCUT2D eigenvalue weighted by Gasteiger charge is 2.02. The van der Waals surface area contributed by atoms with Crippen LogP contribution in [0.2, 0.25) is 5.02 Å². The number of aryl methyl sites for hydroxylation is 2. The number of amides is 1. The van der Waals surface area contributed by atoms with Crippen LogP contribution in [0.15, 0.2) is 59.8 Å². The SMILES string of the molecule is CC.CCCCN(CC)CCNSc1ccc(Nc2ncc(NC=O)cn2)cc1.Cc1ccc(Cl)c(C)c1. The minimum Gasteiger partial charge on any atom is -0.326 e. The van der Waals surface area contributed by atoms with Crippen LogP contribution in [0, 0.1) is 13.8 Å². The van der Waals surface area contributed by atoms with E-state index < -0.39 is 0 Å². The van der Waals surface area contributed by atoms with Crippen LogP contribution in [-0.2, 0) is 4.79 Å². The number of hydrogen-bond acceptors (Lipinski definition) is 7. The zero-order valence-electron chi connectivity index (χ0n) is 23.6. The lowest BCUT2D eigenvalue weighted by atomic mass is 10.2. The first-order valence-electron chi connectivity index (χ1n) is 13.2. The van der Waals surface area contributed by atoms with Crippen molar-refractivity contribution in [3.05, 3.63) is 71.0 Å². The van der Waals surface area contributed by atoms with Crippen LogP contribution in [0.4, 0.5) is 17.3 Å². The summed E-state index contributed by atoms with van der Waals surface area (Å²) >= 11 is 7.42. The third kappa shape index (κ3) is 13.8. The molecular weight excluding hydrogens is 516 g/mol. The van der Waals surface area contributed by atoms with Crippen LogP contribution in [-0.4, -0.2) is 47.5 Å². The smallest absolute Gasteiger partial charge is 0.227 e. The molecule has 0 aliphatic heterocycles. The van der Waals surface area contributed by atoms with Crippen molar-refractivity contribution in [2.24, 2.45) is 0 Å². The van der Waals surface area contributed by atoms with Crippen molar-refractivity contribution in [2.45, 2.75) is 59.3 Å². The second-order valence-electron chi connectivity index (χ2n) is 8.24. The minimum atomic E-state index is 0.483. The molecule has 7 nitrogen and oxygen atoms in total. The Morgan fingerprint density at radius 1 is 0.974 bits per heavy atom. The van der Waals surface area contributed by atoms with Gasteiger partial charge in [-0.2, -0.15) is 0 Å². The van der Waals surface area contributed by atoms with Gasteiger partial charge in [-0.1, -0.05) is 63.4 Å². The number of unbranched alkanes of at least 4 members (excludes halogenated alkanes) is 1. The summed E-state index contributed by atoms with van der Waals surface area (Å²) in [5.41, 5.74) is 3.88. The van der Waals surface area contributed by atoms with Gasteiger partial charge in [-0.25, -0.2) is 9.97 Å². The lowest BCUT2D eigenvalue weighted by molar-refractivity contribution is -0.105. The lowest BCUT2D eigenvalue weighted by Gasteiger charge is -2.19. The second kappa shape index (κ2) is 20.3. The molecule has 9 heteroatoms. The van der Waals surface area contributed by atoms with E-state index in [4.69, 9.17) is 11.6 Å². The molecule has 0 unspecified atom stereocenters. The molecule has 0 radical (unpaired) electrons. The Labute approximate surface area is 238 Å². The van der Waals surface area contributed by atoms with Crippen molar-refractivity contribution in [3.8, 4) is 0 Å². The Bertz CT molecular complexity index is 1030. The number of rotatable bonds is 13. The number of anilines is 3. The van der Waals surface area contributed by atoms with E-state index in [0.717, 1.165) is 40.8 Å². The molecule has 0 saturated carbocycles. The maximum absolute atomic E-state index is 10.4. The highest BCUT2D eigenvalue weighted by atomic mass is 35.5. The molecule has 1 amide bonds. The number of nitrogens with zero attached hydrogens (tertiary/aromatic N) is 3. The third-order valence-corrected chi connectivity index (χ3v) is 6.58. The van der Waals surface area contributed by atoms with E-state index in [1.54, 1.807) is 24.3 Å². The Morgan fingerprint density at radius 2 is 1.66 bits per heavy atom. The lowest BCUT2D eigenvalue weighted by Crippen LogP contribution is -2.30. The first-order valence-corrected chi connectivity index (χ1v) is 14.4. The van der Waals surface area contributed by atoms with Crippen molar-refractivity contribution in [1.29, 1.82) is 0 Å². The zero-order chi connectivity index (χ0) is 28.2. The fourth-order valence-electron chi connectivity index (χ4n) is 3.21. The average Bonchev–Trinajstić information content (AvgIpc) is 2.94. The Morgan fingerprint density at radius 3 is 2.21 bits per heavy atom. The van der Waals surface area contributed by atoms with Gasteiger partial charge >= 0.3 is 0 Å². The number of hydrogen-bond donors (Lipinski definition) is 3. The second-order valence-corrected chi connectivity index (χ2v) is 9.62. The van der Waals surface area contributed by atoms with E-state index in [2.05, 4.69) is 69.2 Å². The van der Waals surface area contributed by atoms with E-state index >= 15 is 0 Å². The maximum atomic E-state index is 10.4. The van der Waals surface area contributed by atoms with Crippen LogP contribution >= 0.6 is 23.5 Å². The van der Waals surface area contributed by atoms with Gasteiger partial charge in [0, 0.05) is 28.7 Å². The van der Waals surface area contributed by atoms with Gasteiger partial charge in [0.2, 0.25) is 12.4 Å². The van der Waals surface area contributed by atoms with Gasteiger partial charge < -0.3 is 15.5 Å². The summed E-state index contributed by atoms with van der Waals surface area (Å²) in [6, 6.07) is 14.1. The van der Waals surface area contributed by atoms with Crippen LogP contribution < -0.4 is 15.4 Å². The van der Waals surface area contributed by atoms with Crippen LogP contribution in [0.3, 0.4) is 0 Å². The van der Waals surface area contributed by atoms with Crippen molar-refractivity contribution < 1.29 is 4.79 Å². The highest BCUT2D eigenvalue weighted by Crippen LogP contribution is 2.20. The van der Waals surface area contributed by atoms with Crippen LogP contribution in [0.1, 0.15) is 51.7 Å². The molecule has 0 aliphatic carbocycles. The predicted molar refractivity (Wildman–Crippen MR) is 165 cm³/mol. The van der Waals surface area contributed by atoms with Gasteiger partial charge in [0.1, 0.15) is 0 Å². The predicted octanol–water partition coefficient (Wildman–Crippen LogP) is 7.49. The molecular formula is C29H43ClN6OS. The quantitative estimate of drug-likeness (QED) is 0.114. The third-order valence-electron chi connectivity index (χ3n) is 5.30. The normalized spacial score (nSPS) is 10.1. The number of likely N-dealkylation sites (N-methyl/N-ethyl adjacent to an activating group) is 1. The molecule has 3 N–H and O–H groups in total. The molecule has 0 aliphatic rings. The molecule has 1 heterocycles. The Balaban J connectivity index is 0.000000548. The summed E-state index contributed by atoms with van der Waals surface area (Å²) < 4.78 is 3.42. The van der Waals surface area contributed by atoms with E-state index in [1.165, 1.54) is 24.9 Å². The molecule has 0 fully saturated rings. The number of halogens is 1. The minimum absolute atomic E-state index is 0.483. The van der Waals surface area contributed by atoms with Gasteiger partial charge in [-0.15, -0.1) is 0 Å². The molecule has 0 saturated heterocycles. The summed E-state index contributed by atoms with van der Waals surface area (Å²) in [7, 11) is 0. The fourth-order valence-corrected chi connectivity index (χ4v) is 3.96. The number of benzene rings is 2. The van der Waals surface area contributed by atoms with E-state index in [-0.39, 0.29) is 0 Å². The summed E-state index contributed by atoms with van der Waals surface area (Å²) in [6.07, 6.45) is 6.20. The summed E-state index contributed by atoms with van der Waals surface area (Å²) in [5, 5.41) is 6.49. The Hall–Kier alpha value is -2.65. The molecule has 3 rings (SSSR count). The summed E-state index contributed by atoms with van der Waals surface area (Å²) in [4.78, 5) is 22.3. The van der Waals surface area contributed by atoms with Crippen molar-refractivity contribution in [1.82, 2.24) is 19.6 Å². The van der Waals surface area contributed by atoms with Crippen LogP contribution in [0.25, 0.3) is 0 Å². The van der Waals surface area contributed by atoms with Crippen molar-refractivity contribution >= 4 is 47.3 Å². The molecule has 2 aromatic carbocycles. The van der Waals surface area contributed by atoms with Gasteiger partial charge in [0.25, 0.3) is 0 Å². The Kier molecular flexibility index (Phi) is 17.9. The van der Waals surface area contributed by atoms with Gasteiger partial charge in [0.05, 0.1) is 18.1 Å². The first-order chi connectivity index (χ1) is 18.4. The number of aromatic nitrogens is 2. The van der Waals surface area contributed by atoms with Gasteiger partial charge in [-0.3, -0.25) is 9.52 Å². The zero-order valence-corrected chi connectivity index (χ0v) is 25.1. The molecule has 0 spiro atoms. The monoisotopic (exact) mass is 558 g/mol. The molecule has 1 aromatic heterocycles. The van der Waals surface area contributed by atoms with E-state index in [9.17, 15) is 4.79 Å². The van der Waals surface area contributed by atoms with Crippen molar-refractivity contribution in [2.75, 3.05) is 36.8 Å². The fraction of sp³-hybridized carbons (Fsp3) is 0.414. The first kappa shape index (κ1) is 33.4. The maximum Gasteiger partial charge on any atom is 0.227 e. The highest BCUT2D eigenvalue weighted by molar-refractivity contribution is 7.97. The number of nitrogens with one attached hydrogen (secondary N) is 3. The molecule has 208 valence electrons. The van der Waals surface area contributed by atoms with Gasteiger partial charge in [-0.05, 0) is 81.2 Å². The van der Waals surface area contributed by atoms with E-state index in [0.29, 0.717) is 18.0 Å². The summed E-state index contributed by atoms with van der Waals surface area (Å²) in [5.74, 6) is 0.483. The average molecular weight is 559 g/mol. The standard InChI is InChI=1S/C19H28N6OS.C8H9Cl.C2H6/c1-3-5-11-25(4-2)12-10-23-27-18-8-6-16(7-9-18)24-19-20-13-17(14-21-19)22-15-26;1-6-3-4-8(9)7(2)5-6;1-2/h6-9,13-15,23H,3-5,10-12H2,1-2H3,(H,22,26)(H,20,21,24);3-5H,1-2H3;1-2H3. The number of carbonyl (C=O) groups excluding carboxylic acids is 1. The summed E-state index contributed by atoms with van der Waals surface area (Å²) in [6.45, 7) is 16.8. The van der Waals surface area contributed by atoms with Crippen LogP contribution in [0.5, 0.6) is 0 Å². The van der Waals surface area contributed by atoms with Gasteiger partial charge in [0.15, 0.2) is 0 Å². The van der Waals surface area contributed by atoms with Crippen molar-refractivity contribution in [3.63, 3.8) is 0 Å². The molecule has 38 heavy (non-hydrogen) atoms. The number of carbonyl (C=O) groups is 1. The molecule has 3 aromatic rings. The molecule has 0 atom stereocenters. The topological polar surface area (TPSA) is 82.2 Å².